The van der Waals surface area contributed by atoms with Crippen molar-refractivity contribution in [2.24, 2.45) is 0 Å². The van der Waals surface area contributed by atoms with Crippen LogP contribution in [0.1, 0.15) is 31.5 Å². The fourth-order valence-corrected chi connectivity index (χ4v) is 2.72. The standard InChI is InChI=1S/C14H15ClN2/c1-2-10-8-9-4-3-5-12(15)13(9)14(16)17(10)11-6-7-11/h3-5,8,11,16H,2,6-7H2,1H3. The van der Waals surface area contributed by atoms with Gasteiger partial charge in [0.1, 0.15) is 5.49 Å². The van der Waals surface area contributed by atoms with E-state index in [0.29, 0.717) is 16.6 Å². The van der Waals surface area contributed by atoms with Crippen LogP contribution in [0.15, 0.2) is 24.3 Å². The third-order valence-electron chi connectivity index (χ3n) is 3.43. The van der Waals surface area contributed by atoms with Crippen molar-refractivity contribution in [3.8, 4) is 0 Å². The molecule has 2 aromatic rings. The Hall–Kier alpha value is -1.28. The smallest absolute Gasteiger partial charge is 0.134 e. The van der Waals surface area contributed by atoms with Crippen molar-refractivity contribution in [1.82, 2.24) is 4.57 Å². The van der Waals surface area contributed by atoms with Gasteiger partial charge in [0.25, 0.3) is 0 Å². The van der Waals surface area contributed by atoms with Gasteiger partial charge in [-0.1, -0.05) is 30.7 Å². The molecule has 3 heteroatoms. The summed E-state index contributed by atoms with van der Waals surface area (Å²) in [6.45, 7) is 2.14. The van der Waals surface area contributed by atoms with Crippen molar-refractivity contribution in [3.05, 3.63) is 40.5 Å². The van der Waals surface area contributed by atoms with E-state index >= 15 is 0 Å². The molecule has 1 saturated carbocycles. The van der Waals surface area contributed by atoms with Crippen LogP contribution in [0, 0.1) is 5.41 Å². The lowest BCUT2D eigenvalue weighted by molar-refractivity contribution is 0.652. The molecule has 1 N–H and O–H groups in total. The minimum atomic E-state index is 0.526. The average Bonchev–Trinajstić information content (AvgIpc) is 3.12. The molecule has 1 heterocycles. The van der Waals surface area contributed by atoms with E-state index < -0.39 is 0 Å². The zero-order valence-corrected chi connectivity index (χ0v) is 10.6. The number of aryl methyl sites for hydroxylation is 1. The Morgan fingerprint density at radius 3 is 2.82 bits per heavy atom. The van der Waals surface area contributed by atoms with Crippen molar-refractivity contribution in [2.45, 2.75) is 32.2 Å². The van der Waals surface area contributed by atoms with E-state index in [0.717, 1.165) is 17.2 Å². The highest BCUT2D eigenvalue weighted by Gasteiger charge is 2.26. The van der Waals surface area contributed by atoms with Crippen molar-refractivity contribution in [3.63, 3.8) is 0 Å². The molecular weight excluding hydrogens is 232 g/mol. The molecule has 2 nitrogen and oxygen atoms in total. The second-order valence-corrected chi connectivity index (χ2v) is 5.05. The minimum absolute atomic E-state index is 0.526. The van der Waals surface area contributed by atoms with Crippen LogP contribution in [0.5, 0.6) is 0 Å². The molecule has 0 amide bonds. The summed E-state index contributed by atoms with van der Waals surface area (Å²) >= 11 is 6.22. The second kappa shape index (κ2) is 3.88. The Balaban J connectivity index is 2.42. The summed E-state index contributed by atoms with van der Waals surface area (Å²) in [6.07, 6.45) is 3.35. The number of pyridine rings is 1. The predicted molar refractivity (Wildman–Crippen MR) is 70.5 cm³/mol. The van der Waals surface area contributed by atoms with Gasteiger partial charge in [-0.2, -0.15) is 0 Å². The zero-order valence-electron chi connectivity index (χ0n) is 9.83. The highest BCUT2D eigenvalue weighted by molar-refractivity contribution is 6.35. The third-order valence-corrected chi connectivity index (χ3v) is 3.74. The topological polar surface area (TPSA) is 28.8 Å². The molecule has 17 heavy (non-hydrogen) atoms. The number of fused-ring (bicyclic) bond motifs is 1. The molecule has 0 spiro atoms. The molecule has 0 saturated heterocycles. The summed E-state index contributed by atoms with van der Waals surface area (Å²) in [5, 5.41) is 11.0. The Bertz CT molecular complexity index is 638. The summed E-state index contributed by atoms with van der Waals surface area (Å²) in [7, 11) is 0. The summed E-state index contributed by atoms with van der Waals surface area (Å²) < 4.78 is 2.16. The number of aromatic nitrogens is 1. The largest absolute Gasteiger partial charge is 0.327 e. The van der Waals surface area contributed by atoms with Crippen LogP contribution in [-0.4, -0.2) is 4.57 Å². The fraction of sp³-hybridized carbons (Fsp3) is 0.357. The summed E-state index contributed by atoms with van der Waals surface area (Å²) in [6, 6.07) is 8.56. The van der Waals surface area contributed by atoms with E-state index in [4.69, 9.17) is 17.0 Å². The number of nitrogens with zero attached hydrogens (tertiary/aromatic N) is 1. The number of hydrogen-bond donors (Lipinski definition) is 1. The third kappa shape index (κ3) is 1.67. The second-order valence-electron chi connectivity index (χ2n) is 4.64. The maximum atomic E-state index is 8.37. The van der Waals surface area contributed by atoms with Gasteiger partial charge in [-0.15, -0.1) is 0 Å². The number of hydrogen-bond acceptors (Lipinski definition) is 1. The molecular formula is C14H15ClN2. The van der Waals surface area contributed by atoms with Crippen LogP contribution in [0.2, 0.25) is 5.02 Å². The molecule has 0 aliphatic heterocycles. The highest BCUT2D eigenvalue weighted by atomic mass is 35.5. The van der Waals surface area contributed by atoms with Gasteiger partial charge >= 0.3 is 0 Å². The average molecular weight is 247 g/mol. The van der Waals surface area contributed by atoms with Crippen LogP contribution >= 0.6 is 11.6 Å². The molecule has 1 aliphatic rings. The summed E-state index contributed by atoms with van der Waals surface area (Å²) in [5.41, 5.74) is 1.82. The molecule has 0 radical (unpaired) electrons. The number of nitrogens with one attached hydrogen (secondary N) is 1. The Kier molecular flexibility index (Phi) is 2.48. The first-order valence-electron chi connectivity index (χ1n) is 6.09. The van der Waals surface area contributed by atoms with Gasteiger partial charge in [0.2, 0.25) is 0 Å². The molecule has 0 unspecified atom stereocenters. The molecule has 0 atom stereocenters. The summed E-state index contributed by atoms with van der Waals surface area (Å²) in [4.78, 5) is 0. The highest BCUT2D eigenvalue weighted by Crippen LogP contribution is 2.35. The molecule has 1 fully saturated rings. The van der Waals surface area contributed by atoms with E-state index in [1.54, 1.807) is 0 Å². The Morgan fingerprint density at radius 1 is 1.41 bits per heavy atom. The van der Waals surface area contributed by atoms with Gasteiger partial charge in [-0.25, -0.2) is 0 Å². The Labute approximate surface area is 105 Å². The van der Waals surface area contributed by atoms with Gasteiger partial charge in [-0.3, -0.25) is 5.41 Å². The zero-order chi connectivity index (χ0) is 12.0. The number of rotatable bonds is 2. The van der Waals surface area contributed by atoms with E-state index in [1.165, 1.54) is 18.5 Å². The summed E-state index contributed by atoms with van der Waals surface area (Å²) in [5.74, 6) is 0. The Morgan fingerprint density at radius 2 is 2.18 bits per heavy atom. The molecule has 0 bridgehead atoms. The van der Waals surface area contributed by atoms with Crippen molar-refractivity contribution < 1.29 is 0 Å². The predicted octanol–water partition coefficient (Wildman–Crippen LogP) is 3.67. The lowest BCUT2D eigenvalue weighted by atomic mass is 10.1. The van der Waals surface area contributed by atoms with Crippen LogP contribution in [-0.2, 0) is 6.42 Å². The van der Waals surface area contributed by atoms with Gasteiger partial charge in [0.15, 0.2) is 0 Å². The molecule has 1 aromatic heterocycles. The SMILES string of the molecule is CCc1cc2cccc(Cl)c2c(=N)n1C1CC1. The van der Waals surface area contributed by atoms with Gasteiger partial charge in [-0.05, 0) is 36.8 Å². The van der Waals surface area contributed by atoms with Crippen LogP contribution in [0.25, 0.3) is 10.8 Å². The van der Waals surface area contributed by atoms with Crippen molar-refractivity contribution >= 4 is 22.4 Å². The van der Waals surface area contributed by atoms with E-state index in [-0.39, 0.29) is 0 Å². The molecule has 1 aromatic carbocycles. The minimum Gasteiger partial charge on any atom is -0.327 e. The van der Waals surface area contributed by atoms with E-state index in [1.807, 2.05) is 18.2 Å². The van der Waals surface area contributed by atoms with E-state index in [2.05, 4.69) is 17.6 Å². The fourth-order valence-electron chi connectivity index (χ4n) is 2.45. The lowest BCUT2D eigenvalue weighted by Gasteiger charge is -2.14. The van der Waals surface area contributed by atoms with Crippen molar-refractivity contribution in [1.29, 1.82) is 5.41 Å². The van der Waals surface area contributed by atoms with E-state index in [9.17, 15) is 0 Å². The van der Waals surface area contributed by atoms with Crippen molar-refractivity contribution in [2.75, 3.05) is 0 Å². The first-order valence-corrected chi connectivity index (χ1v) is 6.47. The molecule has 1 aliphatic carbocycles. The lowest BCUT2D eigenvalue weighted by Crippen LogP contribution is -2.23. The van der Waals surface area contributed by atoms with Crippen LogP contribution in [0.3, 0.4) is 0 Å². The quantitative estimate of drug-likeness (QED) is 0.838. The van der Waals surface area contributed by atoms with Gasteiger partial charge in [0.05, 0.1) is 5.02 Å². The number of halogens is 1. The number of benzene rings is 1. The van der Waals surface area contributed by atoms with Crippen LogP contribution < -0.4 is 5.49 Å². The monoisotopic (exact) mass is 246 g/mol. The molecule has 3 rings (SSSR count). The maximum Gasteiger partial charge on any atom is 0.134 e. The van der Waals surface area contributed by atoms with Crippen LogP contribution in [0.4, 0.5) is 0 Å². The normalized spacial score (nSPS) is 15.4. The molecule has 88 valence electrons. The maximum absolute atomic E-state index is 8.37. The first-order chi connectivity index (χ1) is 8.22. The first kappa shape index (κ1) is 10.8. The van der Waals surface area contributed by atoms with Gasteiger partial charge in [0, 0.05) is 17.1 Å². The van der Waals surface area contributed by atoms with Gasteiger partial charge < -0.3 is 4.57 Å².